The molecular weight excluding hydrogens is 413 g/mol. The number of amides is 3. The summed E-state index contributed by atoms with van der Waals surface area (Å²) in [5.74, 6) is -1.12. The molecule has 1 saturated carbocycles. The van der Waals surface area contributed by atoms with Crippen molar-refractivity contribution in [2.75, 3.05) is 11.9 Å². The van der Waals surface area contributed by atoms with Gasteiger partial charge in [-0.3, -0.25) is 14.4 Å². The van der Waals surface area contributed by atoms with Crippen molar-refractivity contribution in [2.45, 2.75) is 6.42 Å². The first-order valence-electron chi connectivity index (χ1n) is 10.4. The van der Waals surface area contributed by atoms with Crippen LogP contribution in [0.3, 0.4) is 0 Å². The summed E-state index contributed by atoms with van der Waals surface area (Å²) in [6.45, 7) is -0.236. The van der Waals surface area contributed by atoms with Crippen LogP contribution in [0.1, 0.15) is 12.0 Å². The summed E-state index contributed by atoms with van der Waals surface area (Å²) < 4.78 is 18.5. The SMILES string of the molecule is O=C(COc1cccc(C=NN2C(=O)[C@@H]3[C@H](C2=O)[C@H]2C=C[C@H]3C2)c1)Nc1ccc(F)cc1. The summed E-state index contributed by atoms with van der Waals surface area (Å²) in [7, 11) is 0. The predicted octanol–water partition coefficient (Wildman–Crippen LogP) is 2.98. The van der Waals surface area contributed by atoms with E-state index in [2.05, 4.69) is 10.4 Å². The van der Waals surface area contributed by atoms with Gasteiger partial charge in [0.25, 0.3) is 17.7 Å². The number of carbonyl (C=O) groups excluding carboxylic acids is 3. The van der Waals surface area contributed by atoms with Crippen molar-refractivity contribution in [2.24, 2.45) is 28.8 Å². The van der Waals surface area contributed by atoms with E-state index < -0.39 is 5.91 Å². The molecule has 0 aromatic heterocycles. The number of ether oxygens (including phenoxy) is 1. The molecule has 32 heavy (non-hydrogen) atoms. The molecule has 2 aliphatic carbocycles. The number of fused-ring (bicyclic) bond motifs is 5. The third-order valence-corrected chi connectivity index (χ3v) is 6.13. The van der Waals surface area contributed by atoms with E-state index in [1.807, 2.05) is 12.2 Å². The van der Waals surface area contributed by atoms with Gasteiger partial charge in [0.05, 0.1) is 18.1 Å². The Kier molecular flexibility index (Phi) is 5.05. The van der Waals surface area contributed by atoms with Gasteiger partial charge < -0.3 is 10.1 Å². The standard InChI is InChI=1S/C24H20FN3O4/c25-17-6-8-18(9-7-17)27-20(29)13-32-19-3-1-2-14(10-19)12-26-28-23(30)21-15-4-5-16(11-15)22(21)24(28)31/h1-10,12,15-16,21-22H,11,13H2,(H,27,29)/t15-,16-,21-,22+/m0/s1. The van der Waals surface area contributed by atoms with Crippen LogP contribution in [-0.2, 0) is 14.4 Å². The van der Waals surface area contributed by atoms with E-state index in [4.69, 9.17) is 4.74 Å². The predicted molar refractivity (Wildman–Crippen MR) is 114 cm³/mol. The molecule has 4 atom stereocenters. The van der Waals surface area contributed by atoms with Gasteiger partial charge >= 0.3 is 0 Å². The smallest absolute Gasteiger partial charge is 0.262 e. The highest BCUT2D eigenvalue weighted by atomic mass is 19.1. The summed E-state index contributed by atoms with van der Waals surface area (Å²) in [6.07, 6.45) is 6.39. The van der Waals surface area contributed by atoms with Crippen LogP contribution < -0.4 is 10.1 Å². The third-order valence-electron chi connectivity index (χ3n) is 6.13. The topological polar surface area (TPSA) is 88.1 Å². The fraction of sp³-hybridized carbons (Fsp3) is 0.250. The van der Waals surface area contributed by atoms with Crippen LogP contribution in [0.2, 0.25) is 0 Å². The average molecular weight is 433 g/mol. The second-order valence-corrected chi connectivity index (χ2v) is 8.15. The van der Waals surface area contributed by atoms with Gasteiger partial charge in [0.15, 0.2) is 6.61 Å². The van der Waals surface area contributed by atoms with Gasteiger partial charge in [0, 0.05) is 5.69 Å². The molecule has 2 bridgehead atoms. The van der Waals surface area contributed by atoms with E-state index in [0.717, 1.165) is 11.4 Å². The number of halogens is 1. The first-order chi connectivity index (χ1) is 15.5. The molecular formula is C24H20FN3O4. The van der Waals surface area contributed by atoms with Gasteiger partial charge in [-0.05, 0) is 60.2 Å². The maximum absolute atomic E-state index is 12.9. The van der Waals surface area contributed by atoms with Crippen molar-refractivity contribution in [3.8, 4) is 5.75 Å². The molecule has 3 aliphatic rings. The number of hydrogen-bond donors (Lipinski definition) is 1. The Morgan fingerprint density at radius 1 is 1.09 bits per heavy atom. The number of nitrogens with zero attached hydrogens (tertiary/aromatic N) is 2. The highest BCUT2D eigenvalue weighted by Crippen LogP contribution is 2.52. The Bertz CT molecular complexity index is 1110. The molecule has 5 rings (SSSR count). The van der Waals surface area contributed by atoms with Crippen LogP contribution in [0.4, 0.5) is 10.1 Å². The Labute approximate surface area is 183 Å². The lowest BCUT2D eigenvalue weighted by molar-refractivity contribution is -0.140. The monoisotopic (exact) mass is 433 g/mol. The van der Waals surface area contributed by atoms with Crippen molar-refractivity contribution < 1.29 is 23.5 Å². The lowest BCUT2D eigenvalue weighted by Crippen LogP contribution is -2.28. The molecule has 1 heterocycles. The fourth-order valence-corrected chi connectivity index (χ4v) is 4.69. The van der Waals surface area contributed by atoms with Crippen molar-refractivity contribution >= 4 is 29.6 Å². The normalized spacial score (nSPS) is 25.6. The summed E-state index contributed by atoms with van der Waals surface area (Å²) in [5, 5.41) is 7.75. The number of hydrazone groups is 1. The van der Waals surface area contributed by atoms with Crippen LogP contribution in [0, 0.1) is 29.5 Å². The molecule has 2 fully saturated rings. The minimum absolute atomic E-state index is 0.138. The molecule has 0 spiro atoms. The molecule has 162 valence electrons. The van der Waals surface area contributed by atoms with Crippen LogP contribution in [0.15, 0.2) is 65.8 Å². The minimum Gasteiger partial charge on any atom is -0.484 e. The Morgan fingerprint density at radius 2 is 1.78 bits per heavy atom. The Balaban J connectivity index is 1.20. The molecule has 1 aliphatic heterocycles. The first kappa shape index (κ1) is 20.1. The van der Waals surface area contributed by atoms with Crippen LogP contribution in [-0.4, -0.2) is 35.6 Å². The van der Waals surface area contributed by atoms with Crippen LogP contribution in [0.5, 0.6) is 5.75 Å². The minimum atomic E-state index is -0.390. The van der Waals surface area contributed by atoms with E-state index in [1.54, 1.807) is 24.3 Å². The zero-order valence-electron chi connectivity index (χ0n) is 17.0. The first-order valence-corrected chi connectivity index (χ1v) is 10.4. The average Bonchev–Trinajstić information content (AvgIpc) is 3.47. The maximum atomic E-state index is 12.9. The van der Waals surface area contributed by atoms with Crippen LogP contribution in [0.25, 0.3) is 0 Å². The quantitative estimate of drug-likeness (QED) is 0.431. The molecule has 8 heteroatoms. The van der Waals surface area contributed by atoms with Gasteiger partial charge in [-0.15, -0.1) is 0 Å². The third kappa shape index (κ3) is 3.68. The number of rotatable bonds is 6. The summed E-state index contributed by atoms with van der Waals surface area (Å²) >= 11 is 0. The Morgan fingerprint density at radius 3 is 2.47 bits per heavy atom. The van der Waals surface area contributed by atoms with E-state index in [1.165, 1.54) is 30.5 Å². The van der Waals surface area contributed by atoms with Gasteiger partial charge in [-0.25, -0.2) is 4.39 Å². The number of anilines is 1. The molecule has 1 N–H and O–H groups in total. The number of nitrogens with one attached hydrogen (secondary N) is 1. The molecule has 2 aromatic rings. The second kappa shape index (κ2) is 8.03. The molecule has 0 unspecified atom stereocenters. The highest BCUT2D eigenvalue weighted by molar-refractivity contribution is 6.06. The van der Waals surface area contributed by atoms with Gasteiger partial charge in [0.1, 0.15) is 11.6 Å². The summed E-state index contributed by atoms with van der Waals surface area (Å²) in [4.78, 5) is 37.4. The van der Waals surface area contributed by atoms with Gasteiger partial charge in [-0.1, -0.05) is 24.3 Å². The molecule has 2 aromatic carbocycles. The molecule has 7 nitrogen and oxygen atoms in total. The second-order valence-electron chi connectivity index (χ2n) is 8.15. The maximum Gasteiger partial charge on any atom is 0.262 e. The van der Waals surface area contributed by atoms with E-state index in [9.17, 15) is 18.8 Å². The summed E-state index contributed by atoms with van der Waals surface area (Å²) in [6, 6.07) is 12.2. The van der Waals surface area contributed by atoms with Gasteiger partial charge in [-0.2, -0.15) is 10.1 Å². The molecule has 3 amide bonds. The number of benzene rings is 2. The lowest BCUT2D eigenvalue weighted by Gasteiger charge is -2.13. The Hall–Kier alpha value is -3.81. The van der Waals surface area contributed by atoms with E-state index in [-0.39, 0.29) is 47.9 Å². The van der Waals surface area contributed by atoms with Crippen molar-refractivity contribution in [1.82, 2.24) is 5.01 Å². The van der Waals surface area contributed by atoms with Crippen molar-refractivity contribution in [3.63, 3.8) is 0 Å². The zero-order valence-corrected chi connectivity index (χ0v) is 17.0. The number of allylic oxidation sites excluding steroid dienone is 2. The van der Waals surface area contributed by atoms with Crippen molar-refractivity contribution in [3.05, 3.63) is 72.1 Å². The number of imide groups is 1. The summed E-state index contributed by atoms with van der Waals surface area (Å²) in [5.41, 5.74) is 1.09. The number of hydrogen-bond acceptors (Lipinski definition) is 5. The van der Waals surface area contributed by atoms with Gasteiger partial charge in [0.2, 0.25) is 0 Å². The van der Waals surface area contributed by atoms with Crippen LogP contribution >= 0.6 is 0 Å². The lowest BCUT2D eigenvalue weighted by atomic mass is 9.85. The number of carbonyl (C=O) groups is 3. The zero-order chi connectivity index (χ0) is 22.2. The molecule has 0 radical (unpaired) electrons. The highest BCUT2D eigenvalue weighted by Gasteiger charge is 2.59. The largest absolute Gasteiger partial charge is 0.484 e. The van der Waals surface area contributed by atoms with E-state index >= 15 is 0 Å². The van der Waals surface area contributed by atoms with Crippen molar-refractivity contribution in [1.29, 1.82) is 0 Å². The van der Waals surface area contributed by atoms with E-state index in [0.29, 0.717) is 17.0 Å². The molecule has 1 saturated heterocycles. The fourth-order valence-electron chi connectivity index (χ4n) is 4.69.